The summed E-state index contributed by atoms with van der Waals surface area (Å²) in [6, 6.07) is 6.74. The van der Waals surface area contributed by atoms with Gasteiger partial charge in [0.2, 0.25) is 0 Å². The number of ether oxygens (including phenoxy) is 1. The van der Waals surface area contributed by atoms with Crippen LogP contribution in [0.1, 0.15) is 35.2 Å². The summed E-state index contributed by atoms with van der Waals surface area (Å²) in [5.41, 5.74) is 0.310. The number of hydrogen-bond donors (Lipinski definition) is 2. The summed E-state index contributed by atoms with van der Waals surface area (Å²) in [4.78, 5) is 26.0. The largest absolute Gasteiger partial charge is 0.481 e. The number of amides is 1. The van der Waals surface area contributed by atoms with Crippen molar-refractivity contribution in [2.24, 2.45) is 5.41 Å². The quantitative estimate of drug-likeness (QED) is 0.829. The van der Waals surface area contributed by atoms with Crippen LogP contribution in [0.5, 0.6) is 0 Å². The van der Waals surface area contributed by atoms with Gasteiger partial charge in [0.05, 0.1) is 12.0 Å². The smallest absolute Gasteiger partial charge is 0.311 e. The number of aliphatic carboxylic acids is 1. The minimum Gasteiger partial charge on any atom is -0.481 e. The lowest BCUT2D eigenvalue weighted by atomic mass is 9.77. The number of nitrogens with zero attached hydrogens (tertiary/aromatic N) is 1. The van der Waals surface area contributed by atoms with E-state index in [1.165, 1.54) is 0 Å². The van der Waals surface area contributed by atoms with E-state index in [4.69, 9.17) is 9.84 Å². The summed E-state index contributed by atoms with van der Waals surface area (Å²) in [6.07, 6.45) is 1.61. The molecule has 0 aliphatic carbocycles. The monoisotopic (exact) mass is 321 g/mol. The molecule has 0 saturated carbocycles. The number of rotatable bonds is 6. The van der Waals surface area contributed by atoms with Gasteiger partial charge in [-0.25, -0.2) is 0 Å². The van der Waals surface area contributed by atoms with Crippen molar-refractivity contribution < 1.29 is 24.5 Å². The molecule has 0 spiro atoms. The molecule has 1 aromatic carbocycles. The van der Waals surface area contributed by atoms with Gasteiger partial charge in [-0.15, -0.1) is 0 Å². The van der Waals surface area contributed by atoms with Gasteiger partial charge < -0.3 is 19.8 Å². The highest BCUT2D eigenvalue weighted by Crippen LogP contribution is 2.34. The number of carboxylic acids is 1. The molecule has 6 nitrogen and oxygen atoms in total. The van der Waals surface area contributed by atoms with E-state index in [2.05, 4.69) is 0 Å². The predicted octanol–water partition coefficient (Wildman–Crippen LogP) is 1.52. The Bertz CT molecular complexity index is 557. The van der Waals surface area contributed by atoms with Crippen LogP contribution in [0.15, 0.2) is 24.3 Å². The molecule has 1 atom stereocenters. The zero-order valence-electron chi connectivity index (χ0n) is 13.3. The van der Waals surface area contributed by atoms with Crippen LogP contribution in [0.25, 0.3) is 0 Å². The van der Waals surface area contributed by atoms with Gasteiger partial charge >= 0.3 is 5.97 Å². The number of hydrogen-bond acceptors (Lipinski definition) is 4. The van der Waals surface area contributed by atoms with Crippen molar-refractivity contribution >= 4 is 11.9 Å². The molecular formula is C17H23NO5. The maximum Gasteiger partial charge on any atom is 0.311 e. The van der Waals surface area contributed by atoms with Crippen LogP contribution >= 0.6 is 0 Å². The molecule has 1 saturated heterocycles. The van der Waals surface area contributed by atoms with E-state index in [0.29, 0.717) is 38.0 Å². The molecule has 0 unspecified atom stereocenters. The first-order chi connectivity index (χ1) is 11.0. The first kappa shape index (κ1) is 17.4. The van der Waals surface area contributed by atoms with Gasteiger partial charge in [0.25, 0.3) is 5.91 Å². The second-order valence-corrected chi connectivity index (χ2v) is 6.01. The van der Waals surface area contributed by atoms with Crippen molar-refractivity contribution in [3.8, 4) is 0 Å². The molecule has 6 heteroatoms. The number of carbonyl (C=O) groups is 2. The molecule has 23 heavy (non-hydrogen) atoms. The van der Waals surface area contributed by atoms with Gasteiger partial charge in [-0.05, 0) is 37.0 Å². The van der Waals surface area contributed by atoms with Crippen LogP contribution in [0.3, 0.4) is 0 Å². The van der Waals surface area contributed by atoms with Crippen LogP contribution < -0.4 is 0 Å². The lowest BCUT2D eigenvalue weighted by molar-refractivity contribution is -0.153. The van der Waals surface area contributed by atoms with Crippen LogP contribution in [0, 0.1) is 5.41 Å². The van der Waals surface area contributed by atoms with Gasteiger partial charge in [0.1, 0.15) is 0 Å². The summed E-state index contributed by atoms with van der Waals surface area (Å²) in [5, 5.41) is 18.7. The molecule has 1 fully saturated rings. The number of benzene rings is 1. The minimum absolute atomic E-state index is 0.0721. The van der Waals surface area contributed by atoms with E-state index in [9.17, 15) is 14.7 Å². The Balaban J connectivity index is 2.14. The Morgan fingerprint density at radius 1 is 1.30 bits per heavy atom. The highest BCUT2D eigenvalue weighted by atomic mass is 16.5. The molecular weight excluding hydrogens is 298 g/mol. The lowest BCUT2D eigenvalue weighted by Gasteiger charge is -2.40. The molecule has 0 aromatic heterocycles. The number of aliphatic hydroxyl groups is 1. The molecule has 1 amide bonds. The number of carboxylic acid groups (broad SMARTS) is 1. The molecule has 2 rings (SSSR count). The van der Waals surface area contributed by atoms with Crippen molar-refractivity contribution in [2.75, 3.05) is 26.8 Å². The van der Waals surface area contributed by atoms with E-state index in [0.717, 1.165) is 5.56 Å². The zero-order chi connectivity index (χ0) is 16.9. The van der Waals surface area contributed by atoms with Gasteiger partial charge in [0.15, 0.2) is 0 Å². The van der Waals surface area contributed by atoms with E-state index in [1.54, 1.807) is 36.3 Å². The van der Waals surface area contributed by atoms with Crippen molar-refractivity contribution in [2.45, 2.75) is 25.9 Å². The summed E-state index contributed by atoms with van der Waals surface area (Å²) < 4.78 is 5.04. The highest BCUT2D eigenvalue weighted by molar-refractivity contribution is 5.94. The Kier molecular flexibility index (Phi) is 5.74. The average Bonchev–Trinajstić information content (AvgIpc) is 2.59. The third-order valence-corrected chi connectivity index (χ3v) is 4.49. The molecule has 0 radical (unpaired) electrons. The normalized spacial score (nSPS) is 21.2. The second-order valence-electron chi connectivity index (χ2n) is 6.01. The molecule has 2 N–H and O–H groups in total. The van der Waals surface area contributed by atoms with Gasteiger partial charge in [-0.3, -0.25) is 9.59 Å². The summed E-state index contributed by atoms with van der Waals surface area (Å²) >= 11 is 0. The second kappa shape index (κ2) is 7.57. The molecule has 126 valence electrons. The number of aliphatic hydroxyl groups excluding tert-OH is 1. The van der Waals surface area contributed by atoms with E-state index in [-0.39, 0.29) is 19.1 Å². The SMILES string of the molecule is COCC[C@@]1(C(=O)O)CCCN(C(=O)c2ccc(CO)cc2)C1. The van der Waals surface area contributed by atoms with Crippen molar-refractivity contribution in [1.29, 1.82) is 0 Å². The molecule has 1 aliphatic heterocycles. The average molecular weight is 321 g/mol. The van der Waals surface area contributed by atoms with Crippen molar-refractivity contribution in [1.82, 2.24) is 4.90 Å². The first-order valence-electron chi connectivity index (χ1n) is 7.74. The fraction of sp³-hybridized carbons (Fsp3) is 0.529. The Labute approximate surface area is 135 Å². The molecule has 0 bridgehead atoms. The van der Waals surface area contributed by atoms with Crippen molar-refractivity contribution in [3.05, 3.63) is 35.4 Å². The van der Waals surface area contributed by atoms with Gasteiger partial charge in [-0.2, -0.15) is 0 Å². The standard InChI is InChI=1S/C17H23NO5/c1-23-10-8-17(16(21)22)7-2-9-18(12-17)15(20)14-5-3-13(11-19)4-6-14/h3-6,19H,2,7-12H2,1H3,(H,21,22)/t17-/m0/s1. The Morgan fingerprint density at radius 3 is 2.57 bits per heavy atom. The summed E-state index contributed by atoms with van der Waals surface area (Å²) in [6.45, 7) is 1.05. The summed E-state index contributed by atoms with van der Waals surface area (Å²) in [7, 11) is 1.55. The maximum atomic E-state index is 12.6. The Morgan fingerprint density at radius 2 is 2.00 bits per heavy atom. The van der Waals surface area contributed by atoms with Crippen molar-refractivity contribution in [3.63, 3.8) is 0 Å². The molecule has 1 heterocycles. The number of piperidine rings is 1. The highest BCUT2D eigenvalue weighted by Gasteiger charge is 2.43. The predicted molar refractivity (Wildman–Crippen MR) is 84.1 cm³/mol. The Hall–Kier alpha value is -1.92. The van der Waals surface area contributed by atoms with Gasteiger partial charge in [-0.1, -0.05) is 12.1 Å². The molecule has 1 aliphatic rings. The van der Waals surface area contributed by atoms with Crippen LogP contribution in [-0.4, -0.2) is 53.8 Å². The van der Waals surface area contributed by atoms with Crippen LogP contribution in [-0.2, 0) is 16.1 Å². The first-order valence-corrected chi connectivity index (χ1v) is 7.74. The topological polar surface area (TPSA) is 87.1 Å². The van der Waals surface area contributed by atoms with E-state index in [1.807, 2.05) is 0 Å². The van der Waals surface area contributed by atoms with E-state index >= 15 is 0 Å². The third kappa shape index (κ3) is 3.89. The third-order valence-electron chi connectivity index (χ3n) is 4.49. The van der Waals surface area contributed by atoms with Crippen LogP contribution in [0.4, 0.5) is 0 Å². The van der Waals surface area contributed by atoms with Gasteiger partial charge in [0, 0.05) is 32.4 Å². The van der Waals surface area contributed by atoms with Crippen LogP contribution in [0.2, 0.25) is 0 Å². The number of methoxy groups -OCH3 is 1. The molecule has 1 aromatic rings. The maximum absolute atomic E-state index is 12.6. The zero-order valence-corrected chi connectivity index (χ0v) is 13.3. The lowest BCUT2D eigenvalue weighted by Crippen LogP contribution is -2.50. The minimum atomic E-state index is -0.936. The fourth-order valence-corrected chi connectivity index (χ4v) is 3.02. The van der Waals surface area contributed by atoms with E-state index < -0.39 is 11.4 Å². The summed E-state index contributed by atoms with van der Waals surface area (Å²) in [5.74, 6) is -1.04. The number of carbonyl (C=O) groups excluding carboxylic acids is 1. The fourth-order valence-electron chi connectivity index (χ4n) is 3.02. The number of likely N-dealkylation sites (tertiary alicyclic amines) is 1.